The van der Waals surface area contributed by atoms with E-state index in [4.69, 9.17) is 9.15 Å². The normalized spacial score (nSPS) is 10.5. The molecule has 0 aliphatic carbocycles. The van der Waals surface area contributed by atoms with Gasteiger partial charge in [-0.05, 0) is 30.7 Å². The van der Waals surface area contributed by atoms with Gasteiger partial charge in [0.15, 0.2) is 0 Å². The molecule has 5 heteroatoms. The van der Waals surface area contributed by atoms with Gasteiger partial charge in [0.1, 0.15) is 16.7 Å². The van der Waals surface area contributed by atoms with Gasteiger partial charge in [-0.15, -0.1) is 0 Å². The molecule has 0 unspecified atom stereocenters. The van der Waals surface area contributed by atoms with Crippen LogP contribution in [0.25, 0.3) is 11.0 Å². The lowest BCUT2D eigenvalue weighted by Gasteiger charge is -2.04. The Bertz CT molecular complexity index is 630. The third-order valence-electron chi connectivity index (χ3n) is 2.26. The van der Waals surface area contributed by atoms with Gasteiger partial charge in [0.25, 0.3) is 0 Å². The molecule has 0 aliphatic rings. The molecule has 17 heavy (non-hydrogen) atoms. The molecular formula is C12H9BrO4. The molecule has 2 aromatic rings. The lowest BCUT2D eigenvalue weighted by atomic mass is 10.1. The van der Waals surface area contributed by atoms with Gasteiger partial charge in [-0.2, -0.15) is 0 Å². The van der Waals surface area contributed by atoms with Crippen LogP contribution in [0.15, 0.2) is 33.5 Å². The van der Waals surface area contributed by atoms with E-state index < -0.39 is 0 Å². The van der Waals surface area contributed by atoms with Gasteiger partial charge in [0.2, 0.25) is 0 Å². The van der Waals surface area contributed by atoms with Crippen LogP contribution in [0.1, 0.15) is 5.56 Å². The molecule has 0 spiro atoms. The molecule has 2 rings (SSSR count). The third-order valence-corrected chi connectivity index (χ3v) is 2.72. The SMILES string of the molecule is Cc1cc(=O)oc2ccc(OC(=O)CBr)cc12. The standard InChI is InChI=1S/C12H9BrO4/c1-7-4-11(14)17-10-3-2-8(5-9(7)10)16-12(15)6-13/h2-5H,6H2,1H3. The summed E-state index contributed by atoms with van der Waals surface area (Å²) in [5, 5.41) is 0.887. The Morgan fingerprint density at radius 1 is 1.41 bits per heavy atom. The van der Waals surface area contributed by atoms with Crippen molar-refractivity contribution in [2.24, 2.45) is 0 Å². The summed E-state index contributed by atoms with van der Waals surface area (Å²) >= 11 is 3.01. The van der Waals surface area contributed by atoms with Crippen LogP contribution in [0, 0.1) is 6.92 Å². The first-order chi connectivity index (χ1) is 8.10. The number of benzene rings is 1. The largest absolute Gasteiger partial charge is 0.426 e. The van der Waals surface area contributed by atoms with Crippen LogP contribution in [0.5, 0.6) is 5.75 Å². The topological polar surface area (TPSA) is 56.5 Å². The number of carbonyl (C=O) groups is 1. The van der Waals surface area contributed by atoms with Gasteiger partial charge in [-0.25, -0.2) is 4.79 Å². The summed E-state index contributed by atoms with van der Waals surface area (Å²) in [6.07, 6.45) is 0. The number of hydrogen-bond acceptors (Lipinski definition) is 4. The van der Waals surface area contributed by atoms with Crippen molar-refractivity contribution in [2.75, 3.05) is 5.33 Å². The van der Waals surface area contributed by atoms with Crippen LogP contribution in [0.4, 0.5) is 0 Å². The number of halogens is 1. The summed E-state index contributed by atoms with van der Waals surface area (Å²) in [6.45, 7) is 1.80. The molecule has 0 saturated heterocycles. The van der Waals surface area contributed by atoms with E-state index in [0.717, 1.165) is 10.9 Å². The maximum atomic E-state index is 11.2. The Labute approximate surface area is 105 Å². The van der Waals surface area contributed by atoms with Crippen LogP contribution in [0.2, 0.25) is 0 Å². The van der Waals surface area contributed by atoms with Crippen LogP contribution in [-0.2, 0) is 4.79 Å². The number of hydrogen-bond donors (Lipinski definition) is 0. The van der Waals surface area contributed by atoms with Crippen LogP contribution >= 0.6 is 15.9 Å². The van der Waals surface area contributed by atoms with Crippen LogP contribution < -0.4 is 10.4 Å². The van der Waals surface area contributed by atoms with E-state index in [9.17, 15) is 9.59 Å². The summed E-state index contributed by atoms with van der Waals surface area (Å²) in [5.41, 5.74) is 0.877. The van der Waals surface area contributed by atoms with E-state index in [1.807, 2.05) is 0 Å². The highest BCUT2D eigenvalue weighted by molar-refractivity contribution is 9.09. The molecule has 0 saturated carbocycles. The number of ether oxygens (including phenoxy) is 1. The highest BCUT2D eigenvalue weighted by Crippen LogP contribution is 2.22. The lowest BCUT2D eigenvalue weighted by molar-refractivity contribution is -0.131. The average Bonchev–Trinajstić information content (AvgIpc) is 2.29. The summed E-state index contributed by atoms with van der Waals surface area (Å²) in [4.78, 5) is 22.3. The molecule has 0 aliphatic heterocycles. The Hall–Kier alpha value is -1.62. The van der Waals surface area contributed by atoms with Gasteiger partial charge < -0.3 is 9.15 Å². The second-order valence-electron chi connectivity index (χ2n) is 3.51. The third kappa shape index (κ3) is 2.55. The van der Waals surface area contributed by atoms with Crippen molar-refractivity contribution >= 4 is 32.9 Å². The Morgan fingerprint density at radius 2 is 2.18 bits per heavy atom. The molecule has 4 nitrogen and oxygen atoms in total. The highest BCUT2D eigenvalue weighted by Gasteiger charge is 2.06. The van der Waals surface area contributed by atoms with Gasteiger partial charge in [0.05, 0.1) is 0 Å². The monoisotopic (exact) mass is 296 g/mol. The number of fused-ring (bicyclic) bond motifs is 1. The summed E-state index contributed by atoms with van der Waals surface area (Å²) in [6, 6.07) is 6.28. The van der Waals surface area contributed by atoms with Crippen molar-refractivity contribution < 1.29 is 13.9 Å². The van der Waals surface area contributed by atoms with E-state index in [-0.39, 0.29) is 16.9 Å². The number of alkyl halides is 1. The highest BCUT2D eigenvalue weighted by atomic mass is 79.9. The van der Waals surface area contributed by atoms with Gasteiger partial charge >= 0.3 is 11.6 Å². The smallest absolute Gasteiger partial charge is 0.336 e. The first-order valence-electron chi connectivity index (χ1n) is 4.91. The van der Waals surface area contributed by atoms with Gasteiger partial charge in [0, 0.05) is 11.5 Å². The fourth-order valence-corrected chi connectivity index (χ4v) is 1.64. The second-order valence-corrected chi connectivity index (χ2v) is 4.07. The van der Waals surface area contributed by atoms with Gasteiger partial charge in [-0.1, -0.05) is 15.9 Å². The van der Waals surface area contributed by atoms with Crippen molar-refractivity contribution in [2.45, 2.75) is 6.92 Å². The first-order valence-corrected chi connectivity index (χ1v) is 6.03. The number of rotatable bonds is 2. The first kappa shape index (κ1) is 11.9. The number of aryl methyl sites for hydroxylation is 1. The Morgan fingerprint density at radius 3 is 2.88 bits per heavy atom. The van der Waals surface area contributed by atoms with E-state index in [1.54, 1.807) is 25.1 Å². The molecule has 1 aromatic carbocycles. The molecule has 1 aromatic heterocycles. The molecular weight excluding hydrogens is 288 g/mol. The molecule has 0 bridgehead atoms. The van der Waals surface area contributed by atoms with Crippen LogP contribution in [0.3, 0.4) is 0 Å². The van der Waals surface area contributed by atoms with Crippen LogP contribution in [-0.4, -0.2) is 11.3 Å². The van der Waals surface area contributed by atoms with E-state index in [0.29, 0.717) is 11.3 Å². The molecule has 0 atom stereocenters. The molecule has 0 amide bonds. The summed E-state index contributed by atoms with van der Waals surface area (Å²) in [5.74, 6) is 0.0540. The average molecular weight is 297 g/mol. The van der Waals surface area contributed by atoms with Crippen molar-refractivity contribution in [1.82, 2.24) is 0 Å². The maximum Gasteiger partial charge on any atom is 0.336 e. The molecule has 1 heterocycles. The molecule has 0 N–H and O–H groups in total. The fraction of sp³-hybridized carbons (Fsp3) is 0.167. The molecule has 0 radical (unpaired) electrons. The number of esters is 1. The second kappa shape index (κ2) is 4.71. The minimum absolute atomic E-state index is 0.133. The summed E-state index contributed by atoms with van der Waals surface area (Å²) < 4.78 is 10.1. The lowest BCUT2D eigenvalue weighted by Crippen LogP contribution is -2.08. The minimum atomic E-state index is -0.389. The zero-order valence-corrected chi connectivity index (χ0v) is 10.6. The Balaban J connectivity index is 2.50. The maximum absolute atomic E-state index is 11.2. The van der Waals surface area contributed by atoms with Crippen molar-refractivity contribution in [1.29, 1.82) is 0 Å². The van der Waals surface area contributed by atoms with E-state index in [1.165, 1.54) is 6.07 Å². The van der Waals surface area contributed by atoms with Crippen molar-refractivity contribution in [3.63, 3.8) is 0 Å². The predicted molar refractivity (Wildman–Crippen MR) is 66.7 cm³/mol. The van der Waals surface area contributed by atoms with E-state index in [2.05, 4.69) is 15.9 Å². The van der Waals surface area contributed by atoms with Crippen molar-refractivity contribution in [3.05, 3.63) is 40.2 Å². The quantitative estimate of drug-likeness (QED) is 0.370. The zero-order chi connectivity index (χ0) is 12.4. The Kier molecular flexibility index (Phi) is 3.28. The number of carbonyl (C=O) groups excluding carboxylic acids is 1. The minimum Gasteiger partial charge on any atom is -0.426 e. The predicted octanol–water partition coefficient (Wildman–Crippen LogP) is 2.40. The van der Waals surface area contributed by atoms with Gasteiger partial charge in [-0.3, -0.25) is 4.79 Å². The van der Waals surface area contributed by atoms with E-state index >= 15 is 0 Å². The summed E-state index contributed by atoms with van der Waals surface area (Å²) in [7, 11) is 0. The fourth-order valence-electron chi connectivity index (χ4n) is 1.52. The molecule has 88 valence electrons. The zero-order valence-electron chi connectivity index (χ0n) is 9.03. The van der Waals surface area contributed by atoms with Crippen molar-refractivity contribution in [3.8, 4) is 5.75 Å². The molecule has 0 fully saturated rings.